The number of hydrogen-bond donors (Lipinski definition) is 0. The fourth-order valence-corrected chi connectivity index (χ4v) is 4.71. The lowest BCUT2D eigenvalue weighted by atomic mass is 10.0. The number of nitrogens with zero attached hydrogens (tertiary/aromatic N) is 6. The molecule has 0 aliphatic carbocycles. The lowest BCUT2D eigenvalue weighted by Crippen LogP contribution is -2.06. The minimum atomic E-state index is -4.47. The van der Waals surface area contributed by atoms with Crippen molar-refractivity contribution in [1.82, 2.24) is 29.1 Å². The van der Waals surface area contributed by atoms with E-state index in [0.717, 1.165) is 39.5 Å². The van der Waals surface area contributed by atoms with Crippen LogP contribution in [0.15, 0.2) is 91.5 Å². The monoisotopic (exact) mass is 480 g/mol. The van der Waals surface area contributed by atoms with Crippen molar-refractivity contribution in [3.8, 4) is 16.8 Å². The van der Waals surface area contributed by atoms with Crippen LogP contribution in [-0.2, 0) is 6.18 Å². The fraction of sp³-hybridized carbons (Fsp3) is 0.0370. The molecule has 0 aliphatic heterocycles. The van der Waals surface area contributed by atoms with Gasteiger partial charge in [-0.25, -0.2) is 0 Å². The molecule has 0 N–H and O–H groups in total. The van der Waals surface area contributed by atoms with E-state index in [2.05, 4.69) is 26.2 Å². The van der Waals surface area contributed by atoms with Crippen molar-refractivity contribution in [2.45, 2.75) is 6.18 Å². The maximum absolute atomic E-state index is 13.5. The third-order valence-electron chi connectivity index (χ3n) is 6.39. The molecule has 0 saturated carbocycles. The summed E-state index contributed by atoms with van der Waals surface area (Å²) in [6.45, 7) is 0. The van der Waals surface area contributed by atoms with Crippen LogP contribution in [0.5, 0.6) is 0 Å². The Kier molecular flexibility index (Phi) is 4.20. The molecule has 0 unspecified atom stereocenters. The molecule has 0 aliphatic rings. The zero-order chi connectivity index (χ0) is 24.4. The van der Waals surface area contributed by atoms with Crippen molar-refractivity contribution in [3.05, 3.63) is 97.1 Å². The summed E-state index contributed by atoms with van der Waals surface area (Å²) >= 11 is 0. The van der Waals surface area contributed by atoms with Crippen LogP contribution in [0.1, 0.15) is 5.56 Å². The van der Waals surface area contributed by atoms with Gasteiger partial charge in [0.1, 0.15) is 6.33 Å². The average Bonchev–Trinajstić information content (AvgIpc) is 3.49. The highest BCUT2D eigenvalue weighted by Gasteiger charge is 2.31. The normalized spacial score (nSPS) is 12.3. The molecule has 0 bridgehead atoms. The number of hydrogen-bond acceptors (Lipinski definition) is 4. The third kappa shape index (κ3) is 3.06. The second-order valence-corrected chi connectivity index (χ2v) is 8.53. The molecule has 0 saturated heterocycles. The Balaban J connectivity index is 1.53. The highest BCUT2D eigenvalue weighted by molar-refractivity contribution is 6.06. The van der Waals surface area contributed by atoms with Crippen LogP contribution >= 0.6 is 0 Å². The Labute approximate surface area is 201 Å². The summed E-state index contributed by atoms with van der Waals surface area (Å²) in [6, 6.07) is 21.0. The highest BCUT2D eigenvalue weighted by Crippen LogP contribution is 2.35. The first-order valence-corrected chi connectivity index (χ1v) is 11.1. The van der Waals surface area contributed by atoms with Crippen molar-refractivity contribution in [2.24, 2.45) is 0 Å². The van der Waals surface area contributed by atoms with E-state index in [9.17, 15) is 13.2 Å². The minimum Gasteiger partial charge on any atom is -0.276 e. The molecule has 0 amide bonds. The maximum atomic E-state index is 13.5. The quantitative estimate of drug-likeness (QED) is 0.285. The average molecular weight is 480 g/mol. The standard InChI is InChI=1S/C27H15F3N6/c28-27(29,30)19-5-3-6-20(12-19)36-25-21-11-16(18-10-17-4-1-2-7-22(17)31-13-18)8-9-23(21)32-14-24(25)35-15-33-34-26(35)36/h1-15H. The van der Waals surface area contributed by atoms with Gasteiger partial charge < -0.3 is 0 Å². The predicted octanol–water partition coefficient (Wildman–Crippen LogP) is 6.46. The molecule has 0 spiro atoms. The summed E-state index contributed by atoms with van der Waals surface area (Å²) in [6.07, 6.45) is 0.574. The Hall–Kier alpha value is -4.79. The van der Waals surface area contributed by atoms with E-state index in [1.807, 2.05) is 48.7 Å². The molecule has 7 rings (SSSR count). The number of fused-ring (bicyclic) bond motifs is 6. The highest BCUT2D eigenvalue weighted by atomic mass is 19.4. The Morgan fingerprint density at radius 2 is 1.61 bits per heavy atom. The summed E-state index contributed by atoms with van der Waals surface area (Å²) in [5.41, 5.74) is 4.44. The number of halogens is 3. The molecular weight excluding hydrogens is 465 g/mol. The molecule has 36 heavy (non-hydrogen) atoms. The van der Waals surface area contributed by atoms with Crippen LogP contribution in [0, 0.1) is 0 Å². The third-order valence-corrected chi connectivity index (χ3v) is 6.39. The van der Waals surface area contributed by atoms with E-state index >= 15 is 0 Å². The number of imidazole rings is 1. The van der Waals surface area contributed by atoms with Gasteiger partial charge in [0.2, 0.25) is 5.78 Å². The first-order chi connectivity index (χ1) is 17.5. The largest absolute Gasteiger partial charge is 0.416 e. The molecule has 0 radical (unpaired) electrons. The number of rotatable bonds is 2. The first-order valence-electron chi connectivity index (χ1n) is 11.1. The summed E-state index contributed by atoms with van der Waals surface area (Å²) in [5, 5.41) is 9.98. The van der Waals surface area contributed by atoms with E-state index < -0.39 is 11.7 Å². The van der Waals surface area contributed by atoms with Crippen LogP contribution in [0.3, 0.4) is 0 Å². The second-order valence-electron chi connectivity index (χ2n) is 8.53. The lowest BCUT2D eigenvalue weighted by molar-refractivity contribution is -0.137. The van der Waals surface area contributed by atoms with Crippen molar-refractivity contribution in [3.63, 3.8) is 0 Å². The maximum Gasteiger partial charge on any atom is 0.416 e. The molecule has 9 heteroatoms. The number of para-hydroxylation sites is 1. The molecule has 4 heterocycles. The second kappa shape index (κ2) is 7.35. The van der Waals surface area contributed by atoms with Crippen LogP contribution < -0.4 is 0 Å². The van der Waals surface area contributed by atoms with E-state index in [1.165, 1.54) is 12.4 Å². The van der Waals surface area contributed by atoms with Gasteiger partial charge in [-0.15, -0.1) is 10.2 Å². The minimum absolute atomic E-state index is 0.336. The van der Waals surface area contributed by atoms with E-state index in [-0.39, 0.29) is 0 Å². The molecule has 174 valence electrons. The number of aromatic nitrogens is 6. The zero-order valence-corrected chi connectivity index (χ0v) is 18.5. The summed E-state index contributed by atoms with van der Waals surface area (Å²) < 4.78 is 44.0. The van der Waals surface area contributed by atoms with Crippen molar-refractivity contribution in [2.75, 3.05) is 0 Å². The van der Waals surface area contributed by atoms with Crippen LogP contribution in [0.25, 0.3) is 55.4 Å². The van der Waals surface area contributed by atoms with Gasteiger partial charge in [-0.3, -0.25) is 18.9 Å². The number of alkyl halides is 3. The summed E-state index contributed by atoms with van der Waals surface area (Å²) in [7, 11) is 0. The van der Waals surface area contributed by atoms with Gasteiger partial charge in [-0.1, -0.05) is 30.3 Å². The predicted molar refractivity (Wildman–Crippen MR) is 131 cm³/mol. The van der Waals surface area contributed by atoms with Crippen molar-refractivity contribution in [1.29, 1.82) is 0 Å². The molecule has 0 atom stereocenters. The number of benzene rings is 3. The Morgan fingerprint density at radius 3 is 2.50 bits per heavy atom. The zero-order valence-electron chi connectivity index (χ0n) is 18.5. The van der Waals surface area contributed by atoms with Gasteiger partial charge in [0.25, 0.3) is 0 Å². The van der Waals surface area contributed by atoms with E-state index in [1.54, 1.807) is 21.2 Å². The fourth-order valence-electron chi connectivity index (χ4n) is 4.71. The van der Waals surface area contributed by atoms with E-state index in [4.69, 9.17) is 0 Å². The molecule has 4 aromatic heterocycles. The Bertz CT molecular complexity index is 1950. The number of pyridine rings is 2. The van der Waals surface area contributed by atoms with Gasteiger partial charge in [0.15, 0.2) is 0 Å². The van der Waals surface area contributed by atoms with Crippen LogP contribution in [0.2, 0.25) is 0 Å². The Morgan fingerprint density at radius 1 is 0.750 bits per heavy atom. The SMILES string of the molecule is FC(F)(F)c1cccc(-n2c3c4cc(-c5cnc6ccccc6c5)ccc4ncc3n3cnnc23)c1. The van der Waals surface area contributed by atoms with Crippen molar-refractivity contribution < 1.29 is 13.2 Å². The molecule has 6 nitrogen and oxygen atoms in total. The van der Waals surface area contributed by atoms with Gasteiger partial charge >= 0.3 is 6.18 Å². The molecule has 0 fully saturated rings. The summed E-state index contributed by atoms with van der Waals surface area (Å²) in [5.74, 6) is 0.399. The molecular formula is C27H15F3N6. The molecule has 7 aromatic rings. The van der Waals surface area contributed by atoms with Gasteiger partial charge in [-0.2, -0.15) is 13.2 Å². The van der Waals surface area contributed by atoms with Gasteiger partial charge in [0.05, 0.1) is 33.8 Å². The first kappa shape index (κ1) is 20.6. The lowest BCUT2D eigenvalue weighted by Gasteiger charge is -2.12. The van der Waals surface area contributed by atoms with Crippen LogP contribution in [0.4, 0.5) is 13.2 Å². The van der Waals surface area contributed by atoms with Gasteiger partial charge in [-0.05, 0) is 48.0 Å². The van der Waals surface area contributed by atoms with E-state index in [0.29, 0.717) is 28.0 Å². The summed E-state index contributed by atoms with van der Waals surface area (Å²) in [4.78, 5) is 9.18. The van der Waals surface area contributed by atoms with Crippen molar-refractivity contribution >= 4 is 38.6 Å². The molecule has 3 aromatic carbocycles. The topological polar surface area (TPSA) is 60.9 Å². The van der Waals surface area contributed by atoms with Gasteiger partial charge in [0, 0.05) is 28.2 Å². The smallest absolute Gasteiger partial charge is 0.276 e. The van der Waals surface area contributed by atoms with Crippen LogP contribution in [-0.4, -0.2) is 29.1 Å².